The van der Waals surface area contributed by atoms with Crippen LogP contribution in [0.5, 0.6) is 0 Å². The van der Waals surface area contributed by atoms with Crippen LogP contribution in [0.15, 0.2) is 0 Å². The molecule has 0 spiro atoms. The van der Waals surface area contributed by atoms with Crippen molar-refractivity contribution in [2.75, 3.05) is 6.54 Å². The van der Waals surface area contributed by atoms with Crippen LogP contribution < -0.4 is 0 Å². The second-order valence-corrected chi connectivity index (χ2v) is 5.60. The van der Waals surface area contributed by atoms with Crippen molar-refractivity contribution in [1.82, 2.24) is 4.90 Å². The van der Waals surface area contributed by atoms with Crippen LogP contribution in [0.1, 0.15) is 33.1 Å². The van der Waals surface area contributed by atoms with Crippen molar-refractivity contribution in [2.45, 2.75) is 45.3 Å². The van der Waals surface area contributed by atoms with Crippen molar-refractivity contribution in [2.24, 2.45) is 17.8 Å². The van der Waals surface area contributed by atoms with Crippen LogP contribution in [0.3, 0.4) is 0 Å². The summed E-state index contributed by atoms with van der Waals surface area (Å²) in [4.78, 5) is 13.0. The Hall–Kier alpha value is -0.740. The Balaban J connectivity index is 1.97. The van der Waals surface area contributed by atoms with Crippen LogP contribution in [0, 0.1) is 17.8 Å². The third kappa shape index (κ3) is 2.93. The SMILES string of the molecule is CC(C)N(CC(F)(F)F)C(=O)C1CC2CC2C1. The van der Waals surface area contributed by atoms with E-state index in [2.05, 4.69) is 0 Å². The first-order valence-electron chi connectivity index (χ1n) is 6.15. The Kier molecular flexibility index (Phi) is 3.12. The number of hydrogen-bond acceptors (Lipinski definition) is 1. The molecule has 2 aliphatic rings. The number of alkyl halides is 3. The molecule has 5 heteroatoms. The minimum absolute atomic E-state index is 0.163. The van der Waals surface area contributed by atoms with Crippen LogP contribution in [0.25, 0.3) is 0 Å². The van der Waals surface area contributed by atoms with Gasteiger partial charge in [-0.05, 0) is 44.9 Å². The average Bonchev–Trinajstić information content (AvgIpc) is 2.80. The lowest BCUT2D eigenvalue weighted by Gasteiger charge is -2.30. The molecular weight excluding hydrogens is 231 g/mol. The average molecular weight is 249 g/mol. The van der Waals surface area contributed by atoms with Gasteiger partial charge in [-0.15, -0.1) is 0 Å². The minimum atomic E-state index is -4.30. The van der Waals surface area contributed by atoms with Crippen molar-refractivity contribution >= 4 is 5.91 Å². The van der Waals surface area contributed by atoms with E-state index in [1.54, 1.807) is 13.8 Å². The van der Waals surface area contributed by atoms with Crippen LogP contribution in [0.4, 0.5) is 13.2 Å². The third-order valence-electron chi connectivity index (χ3n) is 3.85. The van der Waals surface area contributed by atoms with Gasteiger partial charge in [0.2, 0.25) is 5.91 Å². The van der Waals surface area contributed by atoms with Gasteiger partial charge in [-0.3, -0.25) is 4.79 Å². The largest absolute Gasteiger partial charge is 0.406 e. The number of hydrogen-bond donors (Lipinski definition) is 0. The van der Waals surface area contributed by atoms with E-state index >= 15 is 0 Å². The Labute approximate surface area is 99.2 Å². The molecule has 0 N–H and O–H groups in total. The zero-order valence-corrected chi connectivity index (χ0v) is 10.1. The predicted molar refractivity (Wildman–Crippen MR) is 57.2 cm³/mol. The Morgan fingerprint density at radius 1 is 1.24 bits per heavy atom. The van der Waals surface area contributed by atoms with Crippen LogP contribution >= 0.6 is 0 Å². The quantitative estimate of drug-likeness (QED) is 0.753. The van der Waals surface area contributed by atoms with Gasteiger partial charge in [-0.25, -0.2) is 0 Å². The van der Waals surface area contributed by atoms with E-state index in [1.165, 1.54) is 6.42 Å². The third-order valence-corrected chi connectivity index (χ3v) is 3.85. The summed E-state index contributed by atoms with van der Waals surface area (Å²) in [6.45, 7) is 2.16. The van der Waals surface area contributed by atoms with Gasteiger partial charge in [0.05, 0.1) is 0 Å². The zero-order chi connectivity index (χ0) is 12.8. The molecule has 0 aromatic heterocycles. The van der Waals surface area contributed by atoms with Gasteiger partial charge in [0.1, 0.15) is 6.54 Å². The van der Waals surface area contributed by atoms with Gasteiger partial charge in [-0.2, -0.15) is 13.2 Å². The van der Waals surface area contributed by atoms with E-state index in [4.69, 9.17) is 0 Å². The summed E-state index contributed by atoms with van der Waals surface area (Å²) in [6, 6.07) is -0.388. The van der Waals surface area contributed by atoms with Gasteiger partial charge >= 0.3 is 6.18 Å². The van der Waals surface area contributed by atoms with Crippen molar-refractivity contribution in [3.8, 4) is 0 Å². The van der Waals surface area contributed by atoms with Crippen molar-refractivity contribution < 1.29 is 18.0 Å². The summed E-state index contributed by atoms with van der Waals surface area (Å²) in [5.74, 6) is 0.765. The van der Waals surface area contributed by atoms with Gasteiger partial charge < -0.3 is 4.90 Å². The number of amides is 1. The highest BCUT2D eigenvalue weighted by Crippen LogP contribution is 2.54. The molecule has 2 fully saturated rings. The summed E-state index contributed by atoms with van der Waals surface area (Å²) in [5.41, 5.74) is 0. The molecule has 17 heavy (non-hydrogen) atoms. The summed E-state index contributed by atoms with van der Waals surface area (Å²) in [5, 5.41) is 0. The van der Waals surface area contributed by atoms with E-state index in [9.17, 15) is 18.0 Å². The fraction of sp³-hybridized carbons (Fsp3) is 0.917. The second-order valence-electron chi connectivity index (χ2n) is 5.60. The van der Waals surface area contributed by atoms with E-state index < -0.39 is 12.7 Å². The van der Waals surface area contributed by atoms with Crippen LogP contribution in [-0.2, 0) is 4.79 Å². The maximum Gasteiger partial charge on any atom is 0.406 e. The Morgan fingerprint density at radius 3 is 2.18 bits per heavy atom. The summed E-state index contributed by atoms with van der Waals surface area (Å²) >= 11 is 0. The van der Waals surface area contributed by atoms with E-state index in [0.29, 0.717) is 11.8 Å². The fourth-order valence-corrected chi connectivity index (χ4v) is 2.86. The van der Waals surface area contributed by atoms with Gasteiger partial charge in [0.15, 0.2) is 0 Å². The molecule has 0 saturated heterocycles. The lowest BCUT2D eigenvalue weighted by molar-refractivity contribution is -0.167. The first-order valence-corrected chi connectivity index (χ1v) is 6.15. The topological polar surface area (TPSA) is 20.3 Å². The van der Waals surface area contributed by atoms with Crippen LogP contribution in [0.2, 0.25) is 0 Å². The summed E-state index contributed by atoms with van der Waals surface area (Å²) in [6.07, 6.45) is -1.54. The highest BCUT2D eigenvalue weighted by atomic mass is 19.4. The predicted octanol–water partition coefficient (Wildman–Crippen LogP) is 2.83. The van der Waals surface area contributed by atoms with E-state index in [1.807, 2.05) is 0 Å². The van der Waals surface area contributed by atoms with Crippen molar-refractivity contribution in [1.29, 1.82) is 0 Å². The van der Waals surface area contributed by atoms with E-state index in [0.717, 1.165) is 17.7 Å². The molecule has 0 aliphatic heterocycles. The lowest BCUT2D eigenvalue weighted by Crippen LogP contribution is -2.45. The Morgan fingerprint density at radius 2 is 1.76 bits per heavy atom. The molecule has 2 atom stereocenters. The number of carbonyl (C=O) groups is 1. The smallest absolute Gasteiger partial charge is 0.331 e. The van der Waals surface area contributed by atoms with Crippen molar-refractivity contribution in [3.05, 3.63) is 0 Å². The molecule has 2 saturated carbocycles. The number of rotatable bonds is 3. The molecule has 98 valence electrons. The highest BCUT2D eigenvalue weighted by molar-refractivity contribution is 5.79. The molecule has 2 rings (SSSR count). The monoisotopic (exact) mass is 249 g/mol. The normalized spacial score (nSPS) is 31.5. The van der Waals surface area contributed by atoms with Gasteiger partial charge in [0.25, 0.3) is 0 Å². The number of carbonyl (C=O) groups excluding carboxylic acids is 1. The molecule has 0 bridgehead atoms. The van der Waals surface area contributed by atoms with Crippen molar-refractivity contribution in [3.63, 3.8) is 0 Å². The number of nitrogens with zero attached hydrogens (tertiary/aromatic N) is 1. The molecule has 0 aromatic carbocycles. The Bertz CT molecular complexity index is 303. The van der Waals surface area contributed by atoms with Crippen LogP contribution in [-0.4, -0.2) is 29.6 Å². The molecule has 0 radical (unpaired) electrons. The van der Waals surface area contributed by atoms with Gasteiger partial charge in [-0.1, -0.05) is 0 Å². The number of fused-ring (bicyclic) bond motifs is 1. The molecule has 2 unspecified atom stereocenters. The minimum Gasteiger partial charge on any atom is -0.331 e. The molecular formula is C12H18F3NO. The second kappa shape index (κ2) is 4.18. The summed E-state index contributed by atoms with van der Waals surface area (Å²) < 4.78 is 37.2. The lowest BCUT2D eigenvalue weighted by atomic mass is 10.0. The fourth-order valence-electron chi connectivity index (χ4n) is 2.86. The zero-order valence-electron chi connectivity index (χ0n) is 10.1. The standard InChI is InChI=1S/C12H18F3NO/c1-7(2)16(6-12(13,14)15)11(17)10-4-8-3-9(8)5-10/h7-10H,3-6H2,1-2H3. The number of halogens is 3. The molecule has 2 nitrogen and oxygen atoms in total. The maximum atomic E-state index is 12.4. The first-order chi connectivity index (χ1) is 7.78. The molecule has 1 amide bonds. The first kappa shape index (κ1) is 12.7. The molecule has 0 heterocycles. The highest BCUT2D eigenvalue weighted by Gasteiger charge is 2.49. The summed E-state index contributed by atoms with van der Waals surface area (Å²) in [7, 11) is 0. The molecule has 2 aliphatic carbocycles. The van der Waals surface area contributed by atoms with E-state index in [-0.39, 0.29) is 17.9 Å². The molecule has 0 aromatic rings. The maximum absolute atomic E-state index is 12.4. The van der Waals surface area contributed by atoms with Gasteiger partial charge in [0, 0.05) is 12.0 Å².